The number of aromatic nitrogens is 3. The van der Waals surface area contributed by atoms with Crippen molar-refractivity contribution >= 4 is 27.2 Å². The maximum Gasteiger partial charge on any atom is 0.261 e. The summed E-state index contributed by atoms with van der Waals surface area (Å²) in [5.74, 6) is 1.47. The lowest BCUT2D eigenvalue weighted by molar-refractivity contribution is 0.174. The average Bonchev–Trinajstić information content (AvgIpc) is 3.68. The van der Waals surface area contributed by atoms with Crippen molar-refractivity contribution in [3.05, 3.63) is 89.2 Å². The Labute approximate surface area is 240 Å². The van der Waals surface area contributed by atoms with Crippen LogP contribution in [0, 0.1) is 5.92 Å². The first kappa shape index (κ1) is 28.4. The van der Waals surface area contributed by atoms with Crippen LogP contribution in [-0.4, -0.2) is 41.0 Å². The van der Waals surface area contributed by atoms with Gasteiger partial charge in [0.2, 0.25) is 0 Å². The second kappa shape index (κ2) is 13.5. The number of rotatable bonds is 13. The van der Waals surface area contributed by atoms with Gasteiger partial charge in [0.1, 0.15) is 5.01 Å². The van der Waals surface area contributed by atoms with Crippen molar-refractivity contribution in [1.82, 2.24) is 19.7 Å². The monoisotopic (exact) mass is 577 g/mol. The molecule has 1 saturated carbocycles. The van der Waals surface area contributed by atoms with Crippen LogP contribution < -0.4 is 10.0 Å². The molecule has 8 nitrogen and oxygen atoms in total. The number of aliphatic hydroxyl groups excluding tert-OH is 1. The van der Waals surface area contributed by atoms with Gasteiger partial charge >= 0.3 is 0 Å². The topological polar surface area (TPSA) is 117 Å². The van der Waals surface area contributed by atoms with Crippen LogP contribution in [0.1, 0.15) is 54.3 Å². The summed E-state index contributed by atoms with van der Waals surface area (Å²) < 4.78 is 33.1. The van der Waals surface area contributed by atoms with Gasteiger partial charge in [-0.3, -0.25) is 9.71 Å². The average molecular weight is 578 g/mol. The number of anilines is 1. The van der Waals surface area contributed by atoms with Gasteiger partial charge in [-0.2, -0.15) is 4.37 Å². The smallest absolute Gasteiger partial charge is 0.261 e. The van der Waals surface area contributed by atoms with Crippen LogP contribution in [0.5, 0.6) is 0 Å². The molecule has 4 aromatic rings. The van der Waals surface area contributed by atoms with E-state index in [0.29, 0.717) is 24.6 Å². The standard InChI is InChI=1S/C30H35N5O3S2/c36-28(25-6-3-18-31-20-25)21-32-19-17-23-7-12-26(13-8-23)35-40(37,38)27-14-10-24(11-15-27)30-33-29(39-34-30)16-9-22-4-1-2-5-22/h3,6-8,10-15,18,20,22,28,32,35-36H,1-2,4-5,9,16-17,19,21H2. The predicted octanol–water partition coefficient (Wildman–Crippen LogP) is 5.39. The maximum absolute atomic E-state index is 13.0. The van der Waals surface area contributed by atoms with Gasteiger partial charge in [-0.25, -0.2) is 13.4 Å². The second-order valence-electron chi connectivity index (χ2n) is 10.3. The number of benzene rings is 2. The molecule has 210 valence electrons. The van der Waals surface area contributed by atoms with Gasteiger partial charge in [-0.1, -0.05) is 43.9 Å². The largest absolute Gasteiger partial charge is 0.387 e. The number of nitrogens with one attached hydrogen (secondary N) is 2. The van der Waals surface area contributed by atoms with E-state index in [1.807, 2.05) is 18.2 Å². The van der Waals surface area contributed by atoms with Crippen LogP contribution in [0.2, 0.25) is 0 Å². The van der Waals surface area contributed by atoms with Gasteiger partial charge in [0, 0.05) is 42.2 Å². The van der Waals surface area contributed by atoms with Crippen molar-refractivity contribution < 1.29 is 13.5 Å². The molecule has 10 heteroatoms. The fourth-order valence-electron chi connectivity index (χ4n) is 5.00. The highest BCUT2D eigenvalue weighted by atomic mass is 32.2. The summed E-state index contributed by atoms with van der Waals surface area (Å²) in [6.07, 6.45) is 11.0. The predicted molar refractivity (Wildman–Crippen MR) is 159 cm³/mol. The third kappa shape index (κ3) is 7.72. The van der Waals surface area contributed by atoms with E-state index in [1.165, 1.54) is 43.6 Å². The molecule has 1 aliphatic carbocycles. The molecule has 1 atom stereocenters. The highest BCUT2D eigenvalue weighted by Crippen LogP contribution is 2.29. The van der Waals surface area contributed by atoms with Gasteiger partial charge in [-0.05, 0) is 84.9 Å². The van der Waals surface area contributed by atoms with E-state index in [1.54, 1.807) is 54.9 Å². The lowest BCUT2D eigenvalue weighted by Crippen LogP contribution is -2.23. The Morgan fingerprint density at radius 3 is 2.50 bits per heavy atom. The summed E-state index contributed by atoms with van der Waals surface area (Å²) in [5, 5.41) is 14.5. The van der Waals surface area contributed by atoms with E-state index in [-0.39, 0.29) is 4.90 Å². The number of pyridine rings is 1. The SMILES string of the molecule is O=S(=O)(Nc1ccc(CCNCC(O)c2cccnc2)cc1)c1ccc(-c2nsc(CCC3CCCC3)n2)cc1. The minimum absolute atomic E-state index is 0.188. The molecule has 1 fully saturated rings. The van der Waals surface area contributed by atoms with Gasteiger partial charge in [-0.15, -0.1) is 0 Å². The van der Waals surface area contributed by atoms with Crippen molar-refractivity contribution in [3.63, 3.8) is 0 Å². The zero-order chi connectivity index (χ0) is 27.8. The first-order chi connectivity index (χ1) is 19.5. The number of aliphatic hydroxyl groups is 1. The van der Waals surface area contributed by atoms with E-state index in [2.05, 4.69) is 24.4 Å². The minimum Gasteiger partial charge on any atom is -0.387 e. The van der Waals surface area contributed by atoms with Crippen molar-refractivity contribution in [2.24, 2.45) is 5.92 Å². The molecular formula is C30H35N5O3S2. The minimum atomic E-state index is -3.73. The molecule has 2 heterocycles. The van der Waals surface area contributed by atoms with Gasteiger partial charge < -0.3 is 10.4 Å². The summed E-state index contributed by atoms with van der Waals surface area (Å²) in [7, 11) is -3.73. The zero-order valence-electron chi connectivity index (χ0n) is 22.4. The van der Waals surface area contributed by atoms with E-state index < -0.39 is 16.1 Å². The van der Waals surface area contributed by atoms with Crippen molar-refractivity contribution in [3.8, 4) is 11.4 Å². The summed E-state index contributed by atoms with van der Waals surface area (Å²) in [6, 6.07) is 17.7. The highest BCUT2D eigenvalue weighted by Gasteiger charge is 2.17. The summed E-state index contributed by atoms with van der Waals surface area (Å²) in [5.41, 5.74) is 3.16. The molecule has 0 saturated heterocycles. The van der Waals surface area contributed by atoms with Crippen LogP contribution in [0.25, 0.3) is 11.4 Å². The lowest BCUT2D eigenvalue weighted by atomic mass is 10.0. The van der Waals surface area contributed by atoms with Crippen LogP contribution in [0.4, 0.5) is 5.69 Å². The van der Waals surface area contributed by atoms with Crippen molar-refractivity contribution in [2.75, 3.05) is 17.8 Å². The molecule has 2 aromatic carbocycles. The Bertz CT molecular complexity index is 1450. The fraction of sp³-hybridized carbons (Fsp3) is 0.367. The summed E-state index contributed by atoms with van der Waals surface area (Å²) in [6.45, 7) is 1.12. The van der Waals surface area contributed by atoms with Gasteiger partial charge in [0.25, 0.3) is 10.0 Å². The number of aryl methyl sites for hydroxylation is 1. The van der Waals surface area contributed by atoms with Crippen LogP contribution in [0.3, 0.4) is 0 Å². The molecule has 0 amide bonds. The molecule has 1 aliphatic rings. The zero-order valence-corrected chi connectivity index (χ0v) is 24.0. The highest BCUT2D eigenvalue weighted by molar-refractivity contribution is 7.92. The first-order valence-electron chi connectivity index (χ1n) is 13.8. The summed E-state index contributed by atoms with van der Waals surface area (Å²) in [4.78, 5) is 8.90. The molecule has 3 N–H and O–H groups in total. The van der Waals surface area contributed by atoms with Crippen molar-refractivity contribution in [1.29, 1.82) is 0 Å². The molecule has 1 unspecified atom stereocenters. The lowest BCUT2D eigenvalue weighted by Gasteiger charge is -2.12. The number of hydrogen-bond acceptors (Lipinski definition) is 8. The molecular weight excluding hydrogens is 542 g/mol. The molecule has 0 spiro atoms. The number of sulfonamides is 1. The van der Waals surface area contributed by atoms with Crippen LogP contribution in [0.15, 0.2) is 78.0 Å². The Kier molecular flexibility index (Phi) is 9.53. The number of nitrogens with zero attached hydrogens (tertiary/aromatic N) is 3. The van der Waals surface area contributed by atoms with Gasteiger partial charge in [0.05, 0.1) is 11.0 Å². The van der Waals surface area contributed by atoms with E-state index >= 15 is 0 Å². The van der Waals surface area contributed by atoms with Crippen molar-refractivity contribution in [2.45, 2.75) is 55.9 Å². The van der Waals surface area contributed by atoms with E-state index in [0.717, 1.165) is 40.5 Å². The third-order valence-electron chi connectivity index (χ3n) is 7.34. The van der Waals surface area contributed by atoms with E-state index in [4.69, 9.17) is 0 Å². The molecule has 40 heavy (non-hydrogen) atoms. The third-order valence-corrected chi connectivity index (χ3v) is 9.50. The Balaban J connectivity index is 1.10. The van der Waals surface area contributed by atoms with Crippen LogP contribution in [-0.2, 0) is 22.9 Å². The Hall–Kier alpha value is -3.18. The Morgan fingerprint density at radius 1 is 1.00 bits per heavy atom. The quantitative estimate of drug-likeness (QED) is 0.182. The normalized spacial score (nSPS) is 14.8. The number of hydrogen-bond donors (Lipinski definition) is 3. The van der Waals surface area contributed by atoms with Crippen LogP contribution >= 0.6 is 11.5 Å². The van der Waals surface area contributed by atoms with E-state index in [9.17, 15) is 13.5 Å². The van der Waals surface area contributed by atoms with Gasteiger partial charge in [0.15, 0.2) is 5.82 Å². The fourth-order valence-corrected chi connectivity index (χ4v) is 6.73. The molecule has 0 radical (unpaired) electrons. The molecule has 2 aromatic heterocycles. The Morgan fingerprint density at radius 2 is 1.77 bits per heavy atom. The first-order valence-corrected chi connectivity index (χ1v) is 16.1. The molecule has 0 aliphatic heterocycles. The second-order valence-corrected chi connectivity index (χ2v) is 12.8. The molecule has 0 bridgehead atoms. The molecule has 5 rings (SSSR count). The maximum atomic E-state index is 13.0. The summed E-state index contributed by atoms with van der Waals surface area (Å²) >= 11 is 1.44.